The topological polar surface area (TPSA) is 172 Å². The Hall–Kier alpha value is -4.92. The normalized spacial score (nSPS) is 25.0. The van der Waals surface area contributed by atoms with Crippen molar-refractivity contribution in [2.75, 3.05) is 5.32 Å². The molecule has 3 fully saturated rings. The number of pyridine rings is 1. The molecule has 4 unspecified atom stereocenters. The highest BCUT2D eigenvalue weighted by atomic mass is 16.8. The number of ether oxygens (including phenoxy) is 4. The van der Waals surface area contributed by atoms with Gasteiger partial charge in [0.25, 0.3) is 0 Å². The number of urea groups is 1. The summed E-state index contributed by atoms with van der Waals surface area (Å²) >= 11 is 0. The zero-order valence-electron chi connectivity index (χ0n) is 21.9. The van der Waals surface area contributed by atoms with Crippen molar-refractivity contribution in [3.63, 3.8) is 0 Å². The van der Waals surface area contributed by atoms with Crippen molar-refractivity contribution in [1.82, 2.24) is 29.8 Å². The molecule has 1 aliphatic carbocycles. The van der Waals surface area contributed by atoms with Crippen LogP contribution in [0.2, 0.25) is 0 Å². The van der Waals surface area contributed by atoms with Crippen LogP contribution in [0, 0.1) is 0 Å². The maximum Gasteiger partial charge on any atom is 0.341 e. The second-order valence-corrected chi connectivity index (χ2v) is 9.93. The standard InChI is InChI=1S/C28H25N7O7/c36-26(37)17-7-4-12-29-24(17)41-27-21-20(39-18(40-21)11-8-15-5-2-1-3-6-15)25(42-27)35-14-32-19-22(30-13-31-23(19)35)34-28(38)33-16-9-10-16/h1-8,11-14,16,18,20-21,25,27H,9-10H2,(H,36,37)(H2,30,31,33,34,38)/b11-8+/t18-,20?,21?,25?,27?/m1/s1. The minimum absolute atomic E-state index is 0.118. The lowest BCUT2D eigenvalue weighted by atomic mass is 10.2. The Bertz CT molecular complexity index is 1660. The van der Waals surface area contributed by atoms with E-state index >= 15 is 0 Å². The van der Waals surface area contributed by atoms with Gasteiger partial charge < -0.3 is 29.4 Å². The van der Waals surface area contributed by atoms with Crippen LogP contribution in [0.4, 0.5) is 10.6 Å². The second kappa shape index (κ2) is 10.8. The van der Waals surface area contributed by atoms with Crippen LogP contribution in [0.1, 0.15) is 35.0 Å². The average Bonchev–Trinajstić information content (AvgIpc) is 3.40. The molecule has 5 atom stereocenters. The summed E-state index contributed by atoms with van der Waals surface area (Å²) in [5, 5.41) is 15.2. The summed E-state index contributed by atoms with van der Waals surface area (Å²) in [6.07, 6.45) is 5.69. The highest BCUT2D eigenvalue weighted by molar-refractivity contribution is 5.96. The first-order valence-corrected chi connectivity index (χ1v) is 13.3. The van der Waals surface area contributed by atoms with Crippen molar-refractivity contribution in [1.29, 1.82) is 0 Å². The van der Waals surface area contributed by atoms with Crippen LogP contribution in [0.15, 0.2) is 67.4 Å². The van der Waals surface area contributed by atoms with Crippen molar-refractivity contribution in [3.05, 3.63) is 78.5 Å². The molecule has 7 rings (SSSR count). The van der Waals surface area contributed by atoms with E-state index in [1.165, 1.54) is 31.0 Å². The van der Waals surface area contributed by atoms with Crippen LogP contribution in [-0.4, -0.2) is 72.4 Å². The fraction of sp³-hybridized carbons (Fsp3) is 0.286. The number of carbonyl (C=O) groups is 2. The Morgan fingerprint density at radius 3 is 2.64 bits per heavy atom. The molecule has 2 saturated heterocycles. The monoisotopic (exact) mass is 571 g/mol. The third-order valence-electron chi connectivity index (χ3n) is 6.98. The van der Waals surface area contributed by atoms with Crippen LogP contribution >= 0.6 is 0 Å². The van der Waals surface area contributed by atoms with Gasteiger partial charge in [0.1, 0.15) is 18.0 Å². The van der Waals surface area contributed by atoms with E-state index in [0.29, 0.717) is 11.2 Å². The van der Waals surface area contributed by atoms with Crippen molar-refractivity contribution in [3.8, 4) is 5.88 Å². The smallest absolute Gasteiger partial charge is 0.341 e. The minimum atomic E-state index is -1.19. The van der Waals surface area contributed by atoms with Gasteiger partial charge in [0.15, 0.2) is 35.6 Å². The first kappa shape index (κ1) is 26.0. The zero-order chi connectivity index (χ0) is 28.6. The molecule has 14 nitrogen and oxygen atoms in total. The molecule has 2 amide bonds. The number of fused-ring (bicyclic) bond motifs is 2. The van der Waals surface area contributed by atoms with Gasteiger partial charge in [-0.05, 0) is 36.6 Å². The molecule has 0 spiro atoms. The van der Waals surface area contributed by atoms with Gasteiger partial charge in [-0.25, -0.2) is 29.5 Å². The third kappa shape index (κ3) is 5.13. The molecule has 4 aromatic rings. The summed E-state index contributed by atoms with van der Waals surface area (Å²) in [5.41, 5.74) is 1.57. The third-order valence-corrected chi connectivity index (χ3v) is 6.98. The van der Waals surface area contributed by atoms with E-state index in [4.69, 9.17) is 18.9 Å². The van der Waals surface area contributed by atoms with Gasteiger partial charge in [-0.3, -0.25) is 9.88 Å². The van der Waals surface area contributed by atoms with Crippen LogP contribution < -0.4 is 15.4 Å². The number of benzene rings is 1. The Kier molecular flexibility index (Phi) is 6.70. The van der Waals surface area contributed by atoms with E-state index in [1.54, 1.807) is 10.6 Å². The molecule has 1 saturated carbocycles. The van der Waals surface area contributed by atoms with Crippen LogP contribution in [0.3, 0.4) is 0 Å². The lowest BCUT2D eigenvalue weighted by Gasteiger charge is -2.21. The molecular weight excluding hydrogens is 546 g/mol. The van der Waals surface area contributed by atoms with E-state index in [-0.39, 0.29) is 29.3 Å². The summed E-state index contributed by atoms with van der Waals surface area (Å²) in [6.45, 7) is 0. The molecule has 2 aliphatic heterocycles. The summed E-state index contributed by atoms with van der Waals surface area (Å²) in [5.74, 6) is -1.07. The summed E-state index contributed by atoms with van der Waals surface area (Å²) < 4.78 is 26.3. The highest BCUT2D eigenvalue weighted by Gasteiger charge is 2.55. The number of carboxylic acids is 1. The molecule has 3 aliphatic rings. The first-order chi connectivity index (χ1) is 20.5. The van der Waals surface area contributed by atoms with Gasteiger partial charge in [0, 0.05) is 12.2 Å². The SMILES string of the molecule is O=C(Nc1ncnc2c1ncn2C1OC(Oc2ncccc2C(=O)O)C2O[C@H](/C=C/c3ccccc3)OC21)NC1CC1. The van der Waals surface area contributed by atoms with Gasteiger partial charge in [0.05, 0.1) is 6.33 Å². The Morgan fingerprint density at radius 2 is 1.83 bits per heavy atom. The molecule has 42 heavy (non-hydrogen) atoms. The number of aromatic nitrogens is 5. The van der Waals surface area contributed by atoms with E-state index in [1.807, 2.05) is 36.4 Å². The maximum atomic E-state index is 12.4. The molecule has 5 heterocycles. The predicted octanol–water partition coefficient (Wildman–Crippen LogP) is 2.96. The highest BCUT2D eigenvalue weighted by Crippen LogP contribution is 2.42. The van der Waals surface area contributed by atoms with Crippen LogP contribution in [0.5, 0.6) is 5.88 Å². The predicted molar refractivity (Wildman–Crippen MR) is 145 cm³/mol. The van der Waals surface area contributed by atoms with E-state index in [2.05, 4.69) is 30.6 Å². The fourth-order valence-corrected chi connectivity index (χ4v) is 4.84. The number of anilines is 1. The molecule has 1 aromatic carbocycles. The lowest BCUT2D eigenvalue weighted by molar-refractivity contribution is -0.177. The van der Waals surface area contributed by atoms with Crippen LogP contribution in [0.25, 0.3) is 17.2 Å². The molecule has 3 aromatic heterocycles. The number of carbonyl (C=O) groups excluding carboxylic acids is 1. The van der Waals surface area contributed by atoms with Crippen molar-refractivity contribution >= 4 is 35.1 Å². The second-order valence-electron chi connectivity index (χ2n) is 9.93. The maximum absolute atomic E-state index is 12.4. The Balaban J connectivity index is 1.19. The van der Waals surface area contributed by atoms with E-state index in [9.17, 15) is 14.7 Å². The lowest BCUT2D eigenvalue weighted by Crippen LogP contribution is -2.33. The number of carboxylic acid groups (broad SMARTS) is 1. The molecule has 0 bridgehead atoms. The van der Waals surface area contributed by atoms with Gasteiger partial charge in [-0.2, -0.15) is 0 Å². The average molecular weight is 572 g/mol. The summed E-state index contributed by atoms with van der Waals surface area (Å²) in [4.78, 5) is 41.2. The van der Waals surface area contributed by atoms with Crippen LogP contribution in [-0.2, 0) is 14.2 Å². The van der Waals surface area contributed by atoms with Gasteiger partial charge >= 0.3 is 12.0 Å². The number of rotatable bonds is 8. The minimum Gasteiger partial charge on any atom is -0.477 e. The molecule has 3 N–H and O–H groups in total. The number of nitrogens with zero attached hydrogens (tertiary/aromatic N) is 5. The number of hydrogen-bond donors (Lipinski definition) is 3. The fourth-order valence-electron chi connectivity index (χ4n) is 4.84. The number of amides is 2. The van der Waals surface area contributed by atoms with E-state index in [0.717, 1.165) is 18.4 Å². The Morgan fingerprint density at radius 1 is 1.00 bits per heavy atom. The summed E-state index contributed by atoms with van der Waals surface area (Å²) in [6, 6.07) is 12.4. The molecule has 14 heteroatoms. The van der Waals surface area contributed by atoms with Crippen molar-refractivity contribution in [2.45, 2.75) is 49.9 Å². The molecular formula is C28H25N7O7. The van der Waals surface area contributed by atoms with Gasteiger partial charge in [-0.15, -0.1) is 0 Å². The quantitative estimate of drug-likeness (QED) is 0.284. The largest absolute Gasteiger partial charge is 0.477 e. The zero-order valence-corrected chi connectivity index (χ0v) is 21.9. The molecule has 214 valence electrons. The van der Waals surface area contributed by atoms with E-state index < -0.39 is 37.0 Å². The van der Waals surface area contributed by atoms with Crippen molar-refractivity contribution in [2.24, 2.45) is 0 Å². The van der Waals surface area contributed by atoms with Crippen molar-refractivity contribution < 1.29 is 33.6 Å². The van der Waals surface area contributed by atoms with Gasteiger partial charge in [0.2, 0.25) is 12.2 Å². The Labute approximate surface area is 238 Å². The number of hydrogen-bond acceptors (Lipinski definition) is 10. The number of imidazole rings is 1. The number of aromatic carboxylic acids is 1. The van der Waals surface area contributed by atoms with Gasteiger partial charge in [-0.1, -0.05) is 36.4 Å². The number of nitrogens with one attached hydrogen (secondary N) is 2. The summed E-state index contributed by atoms with van der Waals surface area (Å²) in [7, 11) is 0. The first-order valence-electron chi connectivity index (χ1n) is 13.3. The molecule has 0 radical (unpaired) electrons.